The maximum absolute atomic E-state index is 14.0. The zero-order chi connectivity index (χ0) is 23.1. The van der Waals surface area contributed by atoms with Crippen molar-refractivity contribution in [2.75, 3.05) is 45.9 Å². The zero-order valence-corrected chi connectivity index (χ0v) is 19.5. The molecule has 178 valence electrons. The number of halogens is 2. The molecule has 1 saturated carbocycles. The molecule has 2 bridgehead atoms. The average Bonchev–Trinajstić information content (AvgIpc) is 2.74. The van der Waals surface area contributed by atoms with Gasteiger partial charge in [0.25, 0.3) is 0 Å². The van der Waals surface area contributed by atoms with Crippen LogP contribution in [0.3, 0.4) is 0 Å². The smallest absolute Gasteiger partial charge is 0.246 e. The quantitative estimate of drug-likeness (QED) is 0.592. The van der Waals surface area contributed by atoms with Gasteiger partial charge in [0.05, 0.1) is 19.3 Å². The molecule has 9 heteroatoms. The summed E-state index contributed by atoms with van der Waals surface area (Å²) in [5.41, 5.74) is 1.69. The standard InChI is InChI=1S/C23H32F2N2O4S/c1-23(2)17-4-3-16(20(23)11-17)14-31-15-19(28)13-26-7-9-27(10-8-26)32(29,30)22-6-5-18(24)12-21(22)25/h3,5-6,12,17,19-20,28H,4,7-11,13-15H2,1-2H3. The normalized spacial score (nSPS) is 27.0. The number of sulfonamides is 1. The van der Waals surface area contributed by atoms with E-state index >= 15 is 0 Å². The Balaban J connectivity index is 1.21. The van der Waals surface area contributed by atoms with Crippen molar-refractivity contribution >= 4 is 10.0 Å². The highest BCUT2D eigenvalue weighted by Gasteiger charge is 2.51. The molecule has 4 aliphatic rings. The van der Waals surface area contributed by atoms with Crippen LogP contribution in [0.15, 0.2) is 34.7 Å². The van der Waals surface area contributed by atoms with Crippen LogP contribution in [0.4, 0.5) is 8.78 Å². The van der Waals surface area contributed by atoms with Gasteiger partial charge in [0, 0.05) is 38.8 Å². The topological polar surface area (TPSA) is 70.1 Å². The molecule has 1 saturated heterocycles. The molecule has 0 spiro atoms. The molecule has 6 nitrogen and oxygen atoms in total. The van der Waals surface area contributed by atoms with E-state index in [9.17, 15) is 22.3 Å². The van der Waals surface area contributed by atoms with Crippen molar-refractivity contribution < 1.29 is 27.0 Å². The number of rotatable bonds is 8. The minimum absolute atomic E-state index is 0.178. The molecule has 32 heavy (non-hydrogen) atoms. The van der Waals surface area contributed by atoms with Gasteiger partial charge in [-0.25, -0.2) is 17.2 Å². The molecular formula is C23H32F2N2O4S. The minimum Gasteiger partial charge on any atom is -0.389 e. The molecule has 2 fully saturated rings. The number of nitrogens with zero attached hydrogens (tertiary/aromatic N) is 2. The molecule has 1 N–H and O–H groups in total. The van der Waals surface area contributed by atoms with Gasteiger partial charge in [-0.2, -0.15) is 4.31 Å². The number of hydrogen-bond acceptors (Lipinski definition) is 5. The lowest BCUT2D eigenvalue weighted by atomic mass is 9.49. The molecule has 1 aliphatic heterocycles. The van der Waals surface area contributed by atoms with Gasteiger partial charge >= 0.3 is 0 Å². The highest BCUT2D eigenvalue weighted by Crippen LogP contribution is 2.59. The highest BCUT2D eigenvalue weighted by molar-refractivity contribution is 7.89. The van der Waals surface area contributed by atoms with E-state index in [1.54, 1.807) is 0 Å². The van der Waals surface area contributed by atoms with Crippen molar-refractivity contribution in [1.82, 2.24) is 9.21 Å². The van der Waals surface area contributed by atoms with Crippen molar-refractivity contribution in [3.05, 3.63) is 41.5 Å². The number of aliphatic hydroxyl groups is 1. The first kappa shape index (κ1) is 23.8. The van der Waals surface area contributed by atoms with Gasteiger partial charge in [-0.3, -0.25) is 4.90 Å². The summed E-state index contributed by atoms with van der Waals surface area (Å²) >= 11 is 0. The largest absolute Gasteiger partial charge is 0.389 e. The third-order valence-electron chi connectivity index (χ3n) is 7.47. The maximum Gasteiger partial charge on any atom is 0.246 e. The Morgan fingerprint density at radius 1 is 1.22 bits per heavy atom. The first-order valence-electron chi connectivity index (χ1n) is 11.2. The summed E-state index contributed by atoms with van der Waals surface area (Å²) in [6.45, 7) is 6.99. The van der Waals surface area contributed by atoms with Crippen LogP contribution in [0.5, 0.6) is 0 Å². The van der Waals surface area contributed by atoms with E-state index in [-0.39, 0.29) is 19.7 Å². The van der Waals surface area contributed by atoms with Gasteiger partial charge in [0.2, 0.25) is 10.0 Å². The molecule has 1 aromatic rings. The first-order chi connectivity index (χ1) is 15.1. The van der Waals surface area contributed by atoms with Crippen molar-refractivity contribution in [2.24, 2.45) is 17.3 Å². The summed E-state index contributed by atoms with van der Waals surface area (Å²) in [6, 6.07) is 2.48. The van der Waals surface area contributed by atoms with Crippen LogP contribution in [-0.4, -0.2) is 74.8 Å². The summed E-state index contributed by atoms with van der Waals surface area (Å²) in [7, 11) is -4.03. The molecule has 1 heterocycles. The second-order valence-electron chi connectivity index (χ2n) is 9.77. The number of β-amino-alcohol motifs (C(OH)–C–C–N with tert-alkyl or cyclic N) is 1. The molecule has 3 aliphatic carbocycles. The van der Waals surface area contributed by atoms with E-state index in [0.29, 0.717) is 43.6 Å². The lowest BCUT2D eigenvalue weighted by Gasteiger charge is -2.56. The molecule has 3 unspecified atom stereocenters. The van der Waals surface area contributed by atoms with Gasteiger partial charge in [-0.1, -0.05) is 19.9 Å². The van der Waals surface area contributed by atoms with E-state index in [1.165, 1.54) is 16.3 Å². The number of hydrogen-bond donors (Lipinski definition) is 1. The van der Waals surface area contributed by atoms with E-state index < -0.39 is 32.7 Å². The number of benzene rings is 1. The third-order valence-corrected chi connectivity index (χ3v) is 9.41. The van der Waals surface area contributed by atoms with E-state index in [4.69, 9.17) is 4.74 Å². The fraction of sp³-hybridized carbons (Fsp3) is 0.652. The Kier molecular flexibility index (Phi) is 6.76. The third kappa shape index (κ3) is 4.63. The Labute approximate surface area is 188 Å². The summed E-state index contributed by atoms with van der Waals surface area (Å²) in [4.78, 5) is 1.46. The molecule has 5 rings (SSSR count). The van der Waals surface area contributed by atoms with E-state index in [1.807, 2.05) is 4.90 Å². The van der Waals surface area contributed by atoms with Gasteiger partial charge < -0.3 is 9.84 Å². The number of ether oxygens (including phenoxy) is 1. The van der Waals surface area contributed by atoms with Gasteiger partial charge in [-0.15, -0.1) is 0 Å². The van der Waals surface area contributed by atoms with Crippen molar-refractivity contribution in [3.63, 3.8) is 0 Å². The van der Waals surface area contributed by atoms with Crippen LogP contribution >= 0.6 is 0 Å². The number of aliphatic hydroxyl groups excluding tert-OH is 1. The van der Waals surface area contributed by atoms with Crippen LogP contribution in [0.2, 0.25) is 0 Å². The van der Waals surface area contributed by atoms with Crippen molar-refractivity contribution in [1.29, 1.82) is 0 Å². The Hall–Kier alpha value is -1.39. The number of fused-ring (bicyclic) bond motifs is 1. The predicted octanol–water partition coefficient (Wildman–Crippen LogP) is 2.64. The minimum atomic E-state index is -4.03. The number of piperazine rings is 1. The maximum atomic E-state index is 14.0. The molecule has 3 atom stereocenters. The molecule has 0 aromatic heterocycles. The summed E-state index contributed by atoms with van der Waals surface area (Å²) in [5.74, 6) is -0.542. The second kappa shape index (κ2) is 9.10. The van der Waals surface area contributed by atoms with Gasteiger partial charge in [-0.05, 0) is 47.8 Å². The van der Waals surface area contributed by atoms with E-state index in [0.717, 1.165) is 24.5 Å². The second-order valence-corrected chi connectivity index (χ2v) is 11.7. The van der Waals surface area contributed by atoms with Gasteiger partial charge in [0.15, 0.2) is 0 Å². The number of allylic oxidation sites excluding steroid dienone is 1. The molecule has 0 radical (unpaired) electrons. The Morgan fingerprint density at radius 2 is 1.94 bits per heavy atom. The SMILES string of the molecule is CC1(C)C2CC=C(COCC(O)CN3CCN(S(=O)(=O)c4ccc(F)cc4F)CC3)C1C2. The fourth-order valence-electron chi connectivity index (χ4n) is 5.28. The van der Waals surface area contributed by atoms with Crippen LogP contribution in [0, 0.1) is 28.9 Å². The lowest BCUT2D eigenvalue weighted by Crippen LogP contribution is -2.51. The average molecular weight is 471 g/mol. The molecule has 0 amide bonds. The van der Waals surface area contributed by atoms with Crippen LogP contribution in [0.1, 0.15) is 26.7 Å². The van der Waals surface area contributed by atoms with E-state index in [2.05, 4.69) is 19.9 Å². The monoisotopic (exact) mass is 470 g/mol. The summed E-state index contributed by atoms with van der Waals surface area (Å²) in [6.07, 6.45) is 3.97. The summed E-state index contributed by atoms with van der Waals surface area (Å²) < 4.78 is 59.4. The molecule has 1 aromatic carbocycles. The zero-order valence-electron chi connectivity index (χ0n) is 18.6. The van der Waals surface area contributed by atoms with Crippen molar-refractivity contribution in [2.45, 2.75) is 37.7 Å². The fourth-order valence-corrected chi connectivity index (χ4v) is 6.75. The summed E-state index contributed by atoms with van der Waals surface area (Å²) in [5, 5.41) is 10.4. The Bertz CT molecular complexity index is 974. The van der Waals surface area contributed by atoms with Crippen LogP contribution < -0.4 is 0 Å². The van der Waals surface area contributed by atoms with Crippen LogP contribution in [0.25, 0.3) is 0 Å². The lowest BCUT2D eigenvalue weighted by molar-refractivity contribution is -0.0268. The first-order valence-corrected chi connectivity index (χ1v) is 12.7. The van der Waals surface area contributed by atoms with Crippen LogP contribution in [-0.2, 0) is 14.8 Å². The predicted molar refractivity (Wildman–Crippen MR) is 116 cm³/mol. The van der Waals surface area contributed by atoms with Crippen molar-refractivity contribution in [3.8, 4) is 0 Å². The highest BCUT2D eigenvalue weighted by atomic mass is 32.2. The molecular weight excluding hydrogens is 438 g/mol. The Morgan fingerprint density at radius 3 is 2.56 bits per heavy atom. The van der Waals surface area contributed by atoms with Gasteiger partial charge in [0.1, 0.15) is 16.5 Å².